The quantitative estimate of drug-likeness (QED) is 0.943. The molecule has 0 saturated heterocycles. The van der Waals surface area contributed by atoms with Crippen molar-refractivity contribution in [1.82, 2.24) is 9.38 Å². The standard InChI is InChI=1S/C17H20N2O2S/c20-15(21)4-13-8-19-9-14(18-16(19)22-13)17-5-10-1-11(6-17)3-12(2-10)7-17/h8-12H,1-7H2,(H,20,21). The smallest absolute Gasteiger partial charge is 0.308 e. The van der Waals surface area contributed by atoms with Crippen LogP contribution in [0.2, 0.25) is 0 Å². The van der Waals surface area contributed by atoms with Crippen molar-refractivity contribution in [3.05, 3.63) is 23.0 Å². The van der Waals surface area contributed by atoms with Gasteiger partial charge >= 0.3 is 5.97 Å². The lowest BCUT2D eigenvalue weighted by molar-refractivity contribution is -0.136. The number of aromatic nitrogens is 2. The van der Waals surface area contributed by atoms with Crippen LogP contribution in [-0.2, 0) is 16.6 Å². The van der Waals surface area contributed by atoms with Crippen LogP contribution < -0.4 is 0 Å². The summed E-state index contributed by atoms with van der Waals surface area (Å²) in [5.41, 5.74) is 1.60. The van der Waals surface area contributed by atoms with Gasteiger partial charge < -0.3 is 5.11 Å². The molecule has 0 spiro atoms. The third-order valence-electron chi connectivity index (χ3n) is 6.11. The van der Waals surface area contributed by atoms with Crippen molar-refractivity contribution in [2.45, 2.75) is 50.4 Å². The van der Waals surface area contributed by atoms with E-state index in [0.29, 0.717) is 5.41 Å². The van der Waals surface area contributed by atoms with Crippen LogP contribution in [0.5, 0.6) is 0 Å². The topological polar surface area (TPSA) is 54.6 Å². The summed E-state index contributed by atoms with van der Waals surface area (Å²) < 4.78 is 2.05. The third kappa shape index (κ3) is 1.87. The average Bonchev–Trinajstić information content (AvgIpc) is 2.94. The van der Waals surface area contributed by atoms with E-state index in [1.165, 1.54) is 55.6 Å². The molecule has 2 heterocycles. The number of rotatable bonds is 3. The van der Waals surface area contributed by atoms with Gasteiger partial charge in [0.1, 0.15) is 0 Å². The Bertz CT molecular complexity index is 693. The van der Waals surface area contributed by atoms with Crippen LogP contribution in [0.4, 0.5) is 0 Å². The lowest BCUT2D eigenvalue weighted by Crippen LogP contribution is -2.48. The van der Waals surface area contributed by atoms with E-state index in [0.717, 1.165) is 27.6 Å². The highest BCUT2D eigenvalue weighted by molar-refractivity contribution is 7.17. The van der Waals surface area contributed by atoms with Gasteiger partial charge in [-0.15, -0.1) is 11.3 Å². The molecule has 0 unspecified atom stereocenters. The minimum atomic E-state index is -0.772. The molecule has 0 amide bonds. The predicted molar refractivity (Wildman–Crippen MR) is 84.3 cm³/mol. The Balaban J connectivity index is 1.51. The Hall–Kier alpha value is -1.36. The first-order valence-corrected chi connectivity index (χ1v) is 9.11. The molecule has 4 saturated carbocycles. The molecular formula is C17H20N2O2S. The van der Waals surface area contributed by atoms with E-state index in [9.17, 15) is 4.79 Å². The van der Waals surface area contributed by atoms with Crippen LogP contribution in [0.1, 0.15) is 49.1 Å². The second kappa shape index (κ2) is 4.34. The van der Waals surface area contributed by atoms with E-state index in [2.05, 4.69) is 10.6 Å². The Kier molecular flexibility index (Phi) is 2.59. The molecule has 0 aromatic carbocycles. The van der Waals surface area contributed by atoms with Crippen LogP contribution in [-0.4, -0.2) is 20.5 Å². The van der Waals surface area contributed by atoms with Gasteiger partial charge in [0, 0.05) is 22.7 Å². The molecule has 0 radical (unpaired) electrons. The number of nitrogens with zero attached hydrogens (tertiary/aromatic N) is 2. The van der Waals surface area contributed by atoms with E-state index in [4.69, 9.17) is 10.1 Å². The molecule has 4 bridgehead atoms. The third-order valence-corrected chi connectivity index (χ3v) is 7.11. The lowest BCUT2D eigenvalue weighted by Gasteiger charge is -2.56. The number of imidazole rings is 1. The number of hydrogen-bond acceptors (Lipinski definition) is 3. The van der Waals surface area contributed by atoms with Gasteiger partial charge in [-0.25, -0.2) is 4.98 Å². The first kappa shape index (κ1) is 13.1. The van der Waals surface area contributed by atoms with Crippen molar-refractivity contribution in [2.75, 3.05) is 0 Å². The van der Waals surface area contributed by atoms with Crippen LogP contribution in [0.3, 0.4) is 0 Å². The Labute approximate surface area is 133 Å². The average molecular weight is 316 g/mol. The molecular weight excluding hydrogens is 296 g/mol. The normalized spacial score (nSPS) is 36.3. The highest BCUT2D eigenvalue weighted by Crippen LogP contribution is 2.60. The Morgan fingerprint density at radius 2 is 1.86 bits per heavy atom. The van der Waals surface area contributed by atoms with Gasteiger partial charge in [0.15, 0.2) is 4.96 Å². The van der Waals surface area contributed by atoms with Crippen LogP contribution >= 0.6 is 11.3 Å². The monoisotopic (exact) mass is 316 g/mol. The molecule has 0 aliphatic heterocycles. The van der Waals surface area contributed by atoms with Crippen molar-refractivity contribution in [2.24, 2.45) is 17.8 Å². The molecule has 1 N–H and O–H groups in total. The molecule has 5 heteroatoms. The van der Waals surface area contributed by atoms with Crippen molar-refractivity contribution in [1.29, 1.82) is 0 Å². The second-order valence-corrected chi connectivity index (χ2v) is 8.88. The van der Waals surface area contributed by atoms with Gasteiger partial charge in [-0.1, -0.05) is 0 Å². The summed E-state index contributed by atoms with van der Waals surface area (Å²) in [6.45, 7) is 0. The summed E-state index contributed by atoms with van der Waals surface area (Å²) in [6, 6.07) is 0. The van der Waals surface area contributed by atoms with E-state index < -0.39 is 5.97 Å². The number of thiazole rings is 1. The molecule has 2 aromatic heterocycles. The maximum Gasteiger partial charge on any atom is 0.308 e. The summed E-state index contributed by atoms with van der Waals surface area (Å²) in [7, 11) is 0. The van der Waals surface area contributed by atoms with E-state index in [1.807, 2.05) is 6.20 Å². The second-order valence-electron chi connectivity index (χ2n) is 7.78. The number of carboxylic acids is 1. The molecule has 22 heavy (non-hydrogen) atoms. The summed E-state index contributed by atoms with van der Waals surface area (Å²) in [4.78, 5) is 17.6. The van der Waals surface area contributed by atoms with Gasteiger partial charge in [0.2, 0.25) is 0 Å². The lowest BCUT2D eigenvalue weighted by atomic mass is 9.49. The van der Waals surface area contributed by atoms with E-state index in [-0.39, 0.29) is 6.42 Å². The fourth-order valence-electron chi connectivity index (χ4n) is 5.75. The summed E-state index contributed by atoms with van der Waals surface area (Å²) >= 11 is 1.52. The number of hydrogen-bond donors (Lipinski definition) is 1. The number of carboxylic acid groups (broad SMARTS) is 1. The van der Waals surface area contributed by atoms with Crippen molar-refractivity contribution in [3.63, 3.8) is 0 Å². The molecule has 4 fully saturated rings. The summed E-state index contributed by atoms with van der Waals surface area (Å²) in [5.74, 6) is 2.00. The van der Waals surface area contributed by atoms with Crippen molar-refractivity contribution in [3.8, 4) is 0 Å². The van der Waals surface area contributed by atoms with Gasteiger partial charge in [0.05, 0.1) is 12.1 Å². The first-order valence-electron chi connectivity index (χ1n) is 8.29. The molecule has 4 aliphatic carbocycles. The summed E-state index contributed by atoms with van der Waals surface area (Å²) in [6.07, 6.45) is 12.6. The van der Waals surface area contributed by atoms with E-state index >= 15 is 0 Å². The largest absolute Gasteiger partial charge is 0.481 e. The van der Waals surface area contributed by atoms with Crippen LogP contribution in [0, 0.1) is 17.8 Å². The predicted octanol–water partition coefficient (Wildman–Crippen LogP) is 3.49. The minimum Gasteiger partial charge on any atom is -0.481 e. The number of aliphatic carboxylic acids is 1. The van der Waals surface area contributed by atoms with Gasteiger partial charge in [0.25, 0.3) is 0 Å². The molecule has 4 nitrogen and oxygen atoms in total. The Morgan fingerprint density at radius 1 is 1.23 bits per heavy atom. The van der Waals surface area contributed by atoms with Crippen LogP contribution in [0.15, 0.2) is 12.4 Å². The zero-order valence-electron chi connectivity index (χ0n) is 12.5. The number of fused-ring (bicyclic) bond motifs is 1. The summed E-state index contributed by atoms with van der Waals surface area (Å²) in [5, 5.41) is 8.91. The highest BCUT2D eigenvalue weighted by atomic mass is 32.1. The Morgan fingerprint density at radius 3 is 2.41 bits per heavy atom. The fourth-order valence-corrected chi connectivity index (χ4v) is 6.71. The number of carbonyl (C=O) groups is 1. The van der Waals surface area contributed by atoms with Crippen molar-refractivity contribution < 1.29 is 9.90 Å². The van der Waals surface area contributed by atoms with E-state index in [1.54, 1.807) is 0 Å². The molecule has 4 aliphatic rings. The van der Waals surface area contributed by atoms with Gasteiger partial charge in [-0.2, -0.15) is 0 Å². The molecule has 6 rings (SSSR count). The maximum atomic E-state index is 10.8. The van der Waals surface area contributed by atoms with Gasteiger partial charge in [-0.05, 0) is 56.3 Å². The molecule has 2 aromatic rings. The highest BCUT2D eigenvalue weighted by Gasteiger charge is 2.52. The molecule has 0 atom stereocenters. The maximum absolute atomic E-state index is 10.8. The zero-order valence-corrected chi connectivity index (χ0v) is 13.3. The van der Waals surface area contributed by atoms with Crippen LogP contribution in [0.25, 0.3) is 4.96 Å². The minimum absolute atomic E-state index is 0.0979. The zero-order chi connectivity index (χ0) is 14.9. The first-order chi connectivity index (χ1) is 10.6. The molecule has 116 valence electrons. The fraction of sp³-hybridized carbons (Fsp3) is 0.647. The van der Waals surface area contributed by atoms with Crippen molar-refractivity contribution >= 4 is 22.3 Å². The van der Waals surface area contributed by atoms with Gasteiger partial charge in [-0.3, -0.25) is 9.20 Å². The SMILES string of the molecule is O=C(O)Cc1cn2cc(C34CC5CC(CC(C5)C3)C4)nc2s1.